The zero-order valence-corrected chi connectivity index (χ0v) is 11.6. The van der Waals surface area contributed by atoms with Crippen LogP contribution in [0.2, 0.25) is 0 Å². The molecule has 1 N–H and O–H groups in total. The summed E-state index contributed by atoms with van der Waals surface area (Å²) in [5.41, 5.74) is 1.27. The standard InChI is InChI=1S/C16H24N2O/c1-2-6-14(7-3-1)19-16-9-5-4-8-15(16)18-12-10-17-11-13-18/h4-5,8-9,14,17H,1-3,6-7,10-13H2. The highest BCUT2D eigenvalue weighted by atomic mass is 16.5. The van der Waals surface area contributed by atoms with Gasteiger partial charge in [0.05, 0.1) is 11.8 Å². The van der Waals surface area contributed by atoms with Crippen molar-refractivity contribution in [2.75, 3.05) is 31.1 Å². The van der Waals surface area contributed by atoms with Gasteiger partial charge in [-0.2, -0.15) is 0 Å². The maximum Gasteiger partial charge on any atom is 0.143 e. The van der Waals surface area contributed by atoms with Gasteiger partial charge in [0.15, 0.2) is 0 Å². The highest BCUT2D eigenvalue weighted by molar-refractivity contribution is 5.58. The molecule has 2 aliphatic rings. The van der Waals surface area contributed by atoms with Gasteiger partial charge in [0.1, 0.15) is 5.75 Å². The van der Waals surface area contributed by atoms with E-state index in [1.165, 1.54) is 37.8 Å². The van der Waals surface area contributed by atoms with E-state index in [1.54, 1.807) is 0 Å². The lowest BCUT2D eigenvalue weighted by Gasteiger charge is -2.32. The second-order valence-electron chi connectivity index (χ2n) is 5.58. The minimum Gasteiger partial charge on any atom is -0.488 e. The fourth-order valence-electron chi connectivity index (χ4n) is 3.09. The number of rotatable bonds is 3. The molecule has 1 aromatic rings. The zero-order chi connectivity index (χ0) is 12.9. The predicted octanol–water partition coefficient (Wildman–Crippen LogP) is 2.81. The Morgan fingerprint density at radius 2 is 1.74 bits per heavy atom. The number of nitrogens with zero attached hydrogens (tertiary/aromatic N) is 1. The van der Waals surface area contributed by atoms with E-state index in [0.717, 1.165) is 31.9 Å². The molecule has 0 amide bonds. The van der Waals surface area contributed by atoms with Crippen LogP contribution in [0.25, 0.3) is 0 Å². The molecule has 0 spiro atoms. The van der Waals surface area contributed by atoms with E-state index < -0.39 is 0 Å². The lowest BCUT2D eigenvalue weighted by molar-refractivity contribution is 0.155. The Labute approximate surface area is 115 Å². The van der Waals surface area contributed by atoms with E-state index in [0.29, 0.717) is 6.10 Å². The second kappa shape index (κ2) is 6.29. The first-order chi connectivity index (χ1) is 9.43. The average Bonchev–Trinajstić information content (AvgIpc) is 2.50. The molecular weight excluding hydrogens is 236 g/mol. The van der Waals surface area contributed by atoms with E-state index >= 15 is 0 Å². The number of nitrogens with one attached hydrogen (secondary N) is 1. The highest BCUT2D eigenvalue weighted by Crippen LogP contribution is 2.31. The number of benzene rings is 1. The summed E-state index contributed by atoms with van der Waals surface area (Å²) >= 11 is 0. The second-order valence-corrected chi connectivity index (χ2v) is 5.58. The Bertz CT molecular complexity index is 395. The minimum absolute atomic E-state index is 0.429. The molecule has 1 saturated heterocycles. The smallest absolute Gasteiger partial charge is 0.143 e. The van der Waals surface area contributed by atoms with Crippen LogP contribution in [0.3, 0.4) is 0 Å². The van der Waals surface area contributed by atoms with Gasteiger partial charge in [0.2, 0.25) is 0 Å². The molecule has 19 heavy (non-hydrogen) atoms. The minimum atomic E-state index is 0.429. The third-order valence-corrected chi connectivity index (χ3v) is 4.17. The van der Waals surface area contributed by atoms with Crippen LogP contribution in [0.1, 0.15) is 32.1 Å². The maximum absolute atomic E-state index is 6.28. The van der Waals surface area contributed by atoms with Crippen molar-refractivity contribution in [3.63, 3.8) is 0 Å². The molecule has 1 saturated carbocycles. The van der Waals surface area contributed by atoms with Crippen LogP contribution in [0.4, 0.5) is 5.69 Å². The molecule has 3 heteroatoms. The molecule has 0 atom stereocenters. The van der Waals surface area contributed by atoms with Crippen molar-refractivity contribution in [1.29, 1.82) is 0 Å². The maximum atomic E-state index is 6.28. The molecule has 1 aliphatic carbocycles. The van der Waals surface area contributed by atoms with Crippen LogP contribution < -0.4 is 15.0 Å². The van der Waals surface area contributed by atoms with Gasteiger partial charge in [0, 0.05) is 26.2 Å². The highest BCUT2D eigenvalue weighted by Gasteiger charge is 2.19. The van der Waals surface area contributed by atoms with E-state index in [1.807, 2.05) is 0 Å². The largest absolute Gasteiger partial charge is 0.488 e. The summed E-state index contributed by atoms with van der Waals surface area (Å²) in [4.78, 5) is 2.44. The normalized spacial score (nSPS) is 21.4. The molecule has 2 fully saturated rings. The third-order valence-electron chi connectivity index (χ3n) is 4.17. The SMILES string of the molecule is c1ccc(N2CCNCC2)c(OC2CCCCC2)c1. The Hall–Kier alpha value is -1.22. The van der Waals surface area contributed by atoms with Gasteiger partial charge in [-0.3, -0.25) is 0 Å². The summed E-state index contributed by atoms with van der Waals surface area (Å²) in [5.74, 6) is 1.08. The van der Waals surface area contributed by atoms with Crippen molar-refractivity contribution in [3.05, 3.63) is 24.3 Å². The molecule has 0 bridgehead atoms. The third kappa shape index (κ3) is 3.21. The molecular formula is C16H24N2O. The van der Waals surface area contributed by atoms with Crippen LogP contribution >= 0.6 is 0 Å². The number of hydrogen-bond acceptors (Lipinski definition) is 3. The van der Waals surface area contributed by atoms with Gasteiger partial charge in [-0.15, -0.1) is 0 Å². The van der Waals surface area contributed by atoms with Crippen molar-refractivity contribution in [1.82, 2.24) is 5.32 Å². The molecule has 1 aliphatic heterocycles. The first-order valence-corrected chi connectivity index (χ1v) is 7.65. The first kappa shape index (κ1) is 12.8. The van der Waals surface area contributed by atoms with Crippen LogP contribution in [0.5, 0.6) is 5.75 Å². The van der Waals surface area contributed by atoms with Crippen LogP contribution in [-0.2, 0) is 0 Å². The lowest BCUT2D eigenvalue weighted by atomic mass is 9.98. The van der Waals surface area contributed by atoms with Gasteiger partial charge in [0.25, 0.3) is 0 Å². The van der Waals surface area contributed by atoms with Crippen molar-refractivity contribution in [2.45, 2.75) is 38.2 Å². The lowest BCUT2D eigenvalue weighted by Crippen LogP contribution is -2.43. The molecule has 0 unspecified atom stereocenters. The Balaban J connectivity index is 1.72. The number of piperazine rings is 1. The summed E-state index contributed by atoms with van der Waals surface area (Å²) in [6, 6.07) is 8.53. The Morgan fingerprint density at radius 3 is 2.53 bits per heavy atom. The van der Waals surface area contributed by atoms with Crippen molar-refractivity contribution in [2.24, 2.45) is 0 Å². The van der Waals surface area contributed by atoms with Crippen molar-refractivity contribution < 1.29 is 4.74 Å². The molecule has 1 aromatic carbocycles. The molecule has 104 valence electrons. The monoisotopic (exact) mass is 260 g/mol. The number of anilines is 1. The molecule has 1 heterocycles. The molecule has 3 rings (SSSR count). The fourth-order valence-corrected chi connectivity index (χ4v) is 3.09. The van der Waals surface area contributed by atoms with Crippen LogP contribution in [0.15, 0.2) is 24.3 Å². The summed E-state index contributed by atoms with van der Waals surface area (Å²) in [7, 11) is 0. The van der Waals surface area contributed by atoms with E-state index in [9.17, 15) is 0 Å². The van der Waals surface area contributed by atoms with Crippen LogP contribution in [0, 0.1) is 0 Å². The van der Waals surface area contributed by atoms with E-state index in [4.69, 9.17) is 4.74 Å². The summed E-state index contributed by atoms with van der Waals surface area (Å²) in [6.45, 7) is 4.28. The van der Waals surface area contributed by atoms with Crippen molar-refractivity contribution in [3.8, 4) is 5.75 Å². The summed E-state index contributed by atoms with van der Waals surface area (Å²) in [6.07, 6.45) is 6.88. The topological polar surface area (TPSA) is 24.5 Å². The van der Waals surface area contributed by atoms with Gasteiger partial charge in [-0.1, -0.05) is 18.6 Å². The van der Waals surface area contributed by atoms with Gasteiger partial charge in [-0.05, 0) is 37.8 Å². The van der Waals surface area contributed by atoms with Gasteiger partial charge in [-0.25, -0.2) is 0 Å². The Kier molecular flexibility index (Phi) is 4.23. The molecule has 3 nitrogen and oxygen atoms in total. The zero-order valence-electron chi connectivity index (χ0n) is 11.6. The summed E-state index contributed by atoms with van der Waals surface area (Å²) < 4.78 is 6.28. The predicted molar refractivity (Wildman–Crippen MR) is 79.0 cm³/mol. The van der Waals surface area contributed by atoms with E-state index in [2.05, 4.69) is 34.5 Å². The van der Waals surface area contributed by atoms with Gasteiger partial charge < -0.3 is 15.0 Å². The van der Waals surface area contributed by atoms with E-state index in [-0.39, 0.29) is 0 Å². The first-order valence-electron chi connectivity index (χ1n) is 7.65. The molecule has 0 aromatic heterocycles. The van der Waals surface area contributed by atoms with Crippen molar-refractivity contribution >= 4 is 5.69 Å². The Morgan fingerprint density at radius 1 is 1.00 bits per heavy atom. The number of hydrogen-bond donors (Lipinski definition) is 1. The van der Waals surface area contributed by atoms with Crippen LogP contribution in [-0.4, -0.2) is 32.3 Å². The molecule has 0 radical (unpaired) electrons. The van der Waals surface area contributed by atoms with Gasteiger partial charge >= 0.3 is 0 Å². The average molecular weight is 260 g/mol. The number of ether oxygens (including phenoxy) is 1. The number of para-hydroxylation sites is 2. The fraction of sp³-hybridized carbons (Fsp3) is 0.625. The quantitative estimate of drug-likeness (QED) is 0.904. The summed E-state index contributed by atoms with van der Waals surface area (Å²) in [5, 5.41) is 3.40.